The maximum absolute atomic E-state index is 12.5. The van der Waals surface area contributed by atoms with Crippen LogP contribution in [0.3, 0.4) is 0 Å². The molecule has 0 saturated heterocycles. The average molecular weight is 699 g/mol. The fraction of sp³-hybridized carbons (Fsp3) is 0.138. The van der Waals surface area contributed by atoms with Crippen molar-refractivity contribution in [1.29, 1.82) is 0 Å². The Morgan fingerprint density at radius 2 is 0.867 bits per heavy atom. The van der Waals surface area contributed by atoms with E-state index in [-0.39, 0.29) is 0 Å². The van der Waals surface area contributed by atoms with E-state index < -0.39 is 39.1 Å². The van der Waals surface area contributed by atoms with Crippen LogP contribution >= 0.6 is 25.3 Å². The minimum atomic E-state index is -7.39. The molecular formula is C29H22F8O5S3. The van der Waals surface area contributed by atoms with Gasteiger partial charge in [0.25, 0.3) is 0 Å². The van der Waals surface area contributed by atoms with Gasteiger partial charge < -0.3 is 5.11 Å². The third-order valence-electron chi connectivity index (χ3n) is 5.72. The Balaban J connectivity index is 0.000000240. The van der Waals surface area contributed by atoms with E-state index in [1.807, 2.05) is 72.8 Å². The molecule has 2 N–H and O–H groups in total. The van der Waals surface area contributed by atoms with E-state index >= 15 is 0 Å². The predicted octanol–water partition coefficient (Wildman–Crippen LogP) is 8.74. The van der Waals surface area contributed by atoms with Crippen LogP contribution < -0.4 is 0 Å². The Labute approximate surface area is 263 Å². The number of aliphatic carboxylic acids is 1. The molecule has 16 heteroatoms. The highest BCUT2D eigenvalue weighted by Gasteiger charge is 2.86. The van der Waals surface area contributed by atoms with E-state index in [9.17, 15) is 48.3 Å². The van der Waals surface area contributed by atoms with Crippen LogP contribution in [0.1, 0.15) is 0 Å². The summed E-state index contributed by atoms with van der Waals surface area (Å²) in [4.78, 5) is 11.7. The molecule has 0 aromatic heterocycles. The molecule has 0 spiro atoms. The van der Waals surface area contributed by atoms with Crippen LogP contribution in [-0.2, 0) is 14.9 Å². The molecule has 0 unspecified atom stereocenters. The van der Waals surface area contributed by atoms with Gasteiger partial charge in [-0.1, -0.05) is 97.1 Å². The first-order valence-electron chi connectivity index (χ1n) is 12.1. The molecule has 5 nitrogen and oxygen atoms in total. The molecule has 0 heterocycles. The molecule has 0 fully saturated rings. The van der Waals surface area contributed by atoms with E-state index in [0.29, 0.717) is 0 Å². The zero-order chi connectivity index (χ0) is 34.3. The lowest BCUT2D eigenvalue weighted by atomic mass is 10.1. The Kier molecular flexibility index (Phi) is 12.2. The number of carboxylic acids is 1. The third-order valence-corrected chi connectivity index (χ3v) is 7.41. The van der Waals surface area contributed by atoms with Crippen LogP contribution in [0.25, 0.3) is 22.3 Å². The number of carbonyl (C=O) groups is 1. The Morgan fingerprint density at radius 3 is 1.16 bits per heavy atom. The molecule has 0 aliphatic rings. The van der Waals surface area contributed by atoms with E-state index in [1.165, 1.54) is 22.3 Å². The first kappa shape index (κ1) is 37.6. The van der Waals surface area contributed by atoms with Crippen molar-refractivity contribution in [3.8, 4) is 22.3 Å². The van der Waals surface area contributed by atoms with Crippen LogP contribution in [0.5, 0.6) is 0 Å². The molecule has 0 atom stereocenters. The van der Waals surface area contributed by atoms with Gasteiger partial charge in [-0.05, 0) is 34.4 Å². The number of alkyl halides is 8. The molecule has 0 amide bonds. The minimum absolute atomic E-state index is 1.02. The monoisotopic (exact) mass is 698 g/mol. The van der Waals surface area contributed by atoms with Gasteiger partial charge in [0.05, 0.1) is 0 Å². The van der Waals surface area contributed by atoms with Gasteiger partial charge in [-0.2, -0.15) is 43.5 Å². The van der Waals surface area contributed by atoms with Crippen molar-refractivity contribution in [2.24, 2.45) is 0 Å². The summed E-state index contributed by atoms with van der Waals surface area (Å²) in [7, 11) is -7.22. The number of hydrogen-bond donors (Lipinski definition) is 4. The van der Waals surface area contributed by atoms with Crippen LogP contribution in [-0.4, -0.2) is 47.1 Å². The lowest BCUT2D eigenvalue weighted by Gasteiger charge is -2.33. The van der Waals surface area contributed by atoms with Crippen LogP contribution in [0.15, 0.2) is 119 Å². The Morgan fingerprint density at radius 1 is 0.556 bits per heavy atom. The first-order valence-corrected chi connectivity index (χ1v) is 14.4. The molecule has 0 radical (unpaired) electrons. The molecule has 0 aliphatic heterocycles. The molecule has 45 heavy (non-hydrogen) atoms. The van der Waals surface area contributed by atoms with E-state index in [1.54, 1.807) is 0 Å². The maximum Gasteiger partial charge on any atom is 0.438 e. The summed E-state index contributed by atoms with van der Waals surface area (Å²) in [5, 5.41) is 0.549. The van der Waals surface area contributed by atoms with E-state index in [0.717, 1.165) is 9.79 Å². The standard InChI is InChI=1S/2C12H10S.C5H2F8O5S/c2*13-12-9-5-4-8-11(12)10-6-2-1-3-7-10;6-2(7,1(14)15)3(8,9)4(10,11)5(12,13)19(16,17)18/h2*1-9,13H;(H,14,15)(H,16,17,18). The second-order valence-corrected chi connectivity index (χ2v) is 11.2. The van der Waals surface area contributed by atoms with Crippen molar-refractivity contribution in [2.75, 3.05) is 0 Å². The highest BCUT2D eigenvalue weighted by molar-refractivity contribution is 7.87. The zero-order valence-corrected chi connectivity index (χ0v) is 24.9. The van der Waals surface area contributed by atoms with Gasteiger partial charge in [-0.25, -0.2) is 4.79 Å². The van der Waals surface area contributed by atoms with E-state index in [2.05, 4.69) is 61.7 Å². The second-order valence-electron chi connectivity index (χ2n) is 8.79. The van der Waals surface area contributed by atoms with Gasteiger partial charge in [0.15, 0.2) is 0 Å². The van der Waals surface area contributed by atoms with Crippen molar-refractivity contribution >= 4 is 41.3 Å². The Hall–Kier alpha value is -3.60. The smallest absolute Gasteiger partial charge is 0.438 e. The summed E-state index contributed by atoms with van der Waals surface area (Å²) in [5.41, 5.74) is 4.80. The predicted molar refractivity (Wildman–Crippen MR) is 157 cm³/mol. The molecule has 4 rings (SSSR count). The third kappa shape index (κ3) is 8.36. The average Bonchev–Trinajstić information content (AvgIpc) is 2.98. The molecule has 0 saturated carbocycles. The fourth-order valence-electron chi connectivity index (χ4n) is 3.35. The molecule has 242 valence electrons. The van der Waals surface area contributed by atoms with Gasteiger partial charge in [-0.3, -0.25) is 4.55 Å². The van der Waals surface area contributed by atoms with Gasteiger partial charge in [0, 0.05) is 9.79 Å². The molecule has 4 aromatic carbocycles. The van der Waals surface area contributed by atoms with Crippen molar-refractivity contribution in [1.82, 2.24) is 0 Å². The number of halogens is 8. The maximum atomic E-state index is 12.5. The lowest BCUT2D eigenvalue weighted by Crippen LogP contribution is -2.66. The van der Waals surface area contributed by atoms with Gasteiger partial charge in [0.2, 0.25) is 0 Å². The minimum Gasteiger partial charge on any atom is -0.477 e. The highest BCUT2D eigenvalue weighted by Crippen LogP contribution is 2.54. The second kappa shape index (κ2) is 14.7. The fourth-order valence-corrected chi connectivity index (χ4v) is 4.38. The summed E-state index contributed by atoms with van der Waals surface area (Å²) >= 11 is 8.82. The van der Waals surface area contributed by atoms with Crippen molar-refractivity contribution < 1.29 is 58.0 Å². The number of hydrogen-bond acceptors (Lipinski definition) is 5. The summed E-state index contributed by atoms with van der Waals surface area (Å²) in [6.07, 6.45) is 0. The number of carboxylic acid groups (broad SMARTS) is 1. The quantitative estimate of drug-likeness (QED) is 0.0881. The molecule has 0 bridgehead atoms. The molecular weight excluding hydrogens is 676 g/mol. The summed E-state index contributed by atoms with van der Waals surface area (Å²) < 4.78 is 127. The largest absolute Gasteiger partial charge is 0.477 e. The lowest BCUT2D eigenvalue weighted by molar-refractivity contribution is -0.341. The molecule has 4 aromatic rings. The van der Waals surface area contributed by atoms with Crippen molar-refractivity contribution in [3.63, 3.8) is 0 Å². The number of rotatable bonds is 7. The van der Waals surface area contributed by atoms with Gasteiger partial charge >= 0.3 is 39.1 Å². The number of thiol groups is 2. The summed E-state index contributed by atoms with van der Waals surface area (Å²) in [6.45, 7) is 0. The van der Waals surface area contributed by atoms with Crippen LogP contribution in [0.4, 0.5) is 35.1 Å². The topological polar surface area (TPSA) is 91.7 Å². The SMILES string of the molecule is O=C(O)C(F)(F)C(F)(F)C(F)(F)C(F)(F)S(=O)(=O)O.Sc1ccccc1-c1ccccc1.Sc1ccccc1-c1ccccc1. The van der Waals surface area contributed by atoms with Crippen molar-refractivity contribution in [3.05, 3.63) is 109 Å². The van der Waals surface area contributed by atoms with Crippen molar-refractivity contribution in [2.45, 2.75) is 32.8 Å². The zero-order valence-electron chi connectivity index (χ0n) is 22.3. The summed E-state index contributed by atoms with van der Waals surface area (Å²) in [5.74, 6) is -25.3. The Bertz CT molecular complexity index is 1610. The number of benzene rings is 4. The molecule has 0 aliphatic carbocycles. The van der Waals surface area contributed by atoms with E-state index in [4.69, 9.17) is 9.66 Å². The normalized spacial score (nSPS) is 12.2. The van der Waals surface area contributed by atoms with Gasteiger partial charge in [-0.15, -0.1) is 25.3 Å². The van der Waals surface area contributed by atoms with Crippen LogP contribution in [0.2, 0.25) is 0 Å². The highest BCUT2D eigenvalue weighted by atomic mass is 32.2. The summed E-state index contributed by atoms with van der Waals surface area (Å²) in [6, 6.07) is 36.8. The van der Waals surface area contributed by atoms with Crippen LogP contribution in [0, 0.1) is 0 Å². The van der Waals surface area contributed by atoms with Gasteiger partial charge in [0.1, 0.15) is 0 Å². The first-order chi connectivity index (χ1) is 20.7.